The number of phenols is 1. The molecule has 28 heavy (non-hydrogen) atoms. The third kappa shape index (κ3) is 5.00. The van der Waals surface area contributed by atoms with Crippen molar-refractivity contribution in [3.63, 3.8) is 0 Å². The van der Waals surface area contributed by atoms with Crippen LogP contribution in [0.5, 0.6) is 5.75 Å². The third-order valence-electron chi connectivity index (χ3n) is 5.67. The Bertz CT molecular complexity index is 865. The van der Waals surface area contributed by atoms with Crippen LogP contribution in [0, 0.1) is 13.8 Å². The number of benzene rings is 1. The summed E-state index contributed by atoms with van der Waals surface area (Å²) in [6, 6.07) is 7.60. The molecular formula is C22H29N3O3. The Kier molecular flexibility index (Phi) is 6.49. The van der Waals surface area contributed by atoms with Crippen molar-refractivity contribution in [2.24, 2.45) is 0 Å². The number of carbonyl (C=O) groups is 1. The number of aromatic nitrogens is 2. The molecule has 6 heteroatoms. The van der Waals surface area contributed by atoms with E-state index in [9.17, 15) is 14.7 Å². The summed E-state index contributed by atoms with van der Waals surface area (Å²) in [5.74, 6) is 0.458. The molecule has 1 aromatic carbocycles. The van der Waals surface area contributed by atoms with E-state index < -0.39 is 0 Å². The summed E-state index contributed by atoms with van der Waals surface area (Å²) in [6.07, 6.45) is 6.01. The molecule has 0 spiro atoms. The topological polar surface area (TPSA) is 86.3 Å². The van der Waals surface area contributed by atoms with Crippen molar-refractivity contribution < 1.29 is 9.90 Å². The van der Waals surface area contributed by atoms with E-state index in [1.165, 1.54) is 0 Å². The number of hydrogen-bond acceptors (Lipinski definition) is 4. The summed E-state index contributed by atoms with van der Waals surface area (Å²) < 4.78 is 0. The van der Waals surface area contributed by atoms with E-state index in [1.54, 1.807) is 12.1 Å². The molecule has 150 valence electrons. The van der Waals surface area contributed by atoms with Gasteiger partial charge in [0, 0.05) is 30.4 Å². The minimum Gasteiger partial charge on any atom is -0.508 e. The number of aromatic hydroxyl groups is 1. The SMILES string of the molecule is Cc1nc(=O)[nH]c(C)c1CCC(=O)N1CCCC[C@@H]1CCc1cccc(O)c1. The number of likely N-dealkylation sites (tertiary alicyclic amines) is 1. The van der Waals surface area contributed by atoms with E-state index in [2.05, 4.69) is 9.97 Å². The highest BCUT2D eigenvalue weighted by Crippen LogP contribution is 2.24. The maximum atomic E-state index is 12.9. The normalized spacial score (nSPS) is 16.9. The summed E-state index contributed by atoms with van der Waals surface area (Å²) in [4.78, 5) is 33.1. The first-order valence-corrected chi connectivity index (χ1v) is 10.1. The predicted molar refractivity (Wildman–Crippen MR) is 108 cm³/mol. The lowest BCUT2D eigenvalue weighted by Crippen LogP contribution is -2.44. The lowest BCUT2D eigenvalue weighted by atomic mass is 9.95. The minimum atomic E-state index is -0.340. The molecule has 2 aromatic rings. The van der Waals surface area contributed by atoms with Crippen molar-refractivity contribution in [1.29, 1.82) is 0 Å². The summed E-state index contributed by atoms with van der Waals surface area (Å²) in [7, 11) is 0. The zero-order valence-electron chi connectivity index (χ0n) is 16.7. The lowest BCUT2D eigenvalue weighted by molar-refractivity contribution is -0.135. The van der Waals surface area contributed by atoms with E-state index in [0.717, 1.165) is 55.5 Å². The van der Waals surface area contributed by atoms with Gasteiger partial charge >= 0.3 is 5.69 Å². The molecule has 6 nitrogen and oxygen atoms in total. The van der Waals surface area contributed by atoms with Gasteiger partial charge in [-0.2, -0.15) is 4.98 Å². The van der Waals surface area contributed by atoms with Crippen LogP contribution in [-0.4, -0.2) is 38.5 Å². The Hall–Kier alpha value is -2.63. The van der Waals surface area contributed by atoms with Crippen LogP contribution in [0.1, 0.15) is 54.6 Å². The van der Waals surface area contributed by atoms with Crippen molar-refractivity contribution in [3.8, 4) is 5.75 Å². The van der Waals surface area contributed by atoms with Crippen LogP contribution in [-0.2, 0) is 17.6 Å². The Labute approximate surface area is 165 Å². The van der Waals surface area contributed by atoms with Crippen molar-refractivity contribution in [2.45, 2.75) is 64.8 Å². The molecule has 1 aromatic heterocycles. The average molecular weight is 383 g/mol. The fourth-order valence-electron chi connectivity index (χ4n) is 4.17. The zero-order chi connectivity index (χ0) is 20.1. The Balaban J connectivity index is 1.61. The largest absolute Gasteiger partial charge is 0.508 e. The van der Waals surface area contributed by atoms with Crippen LogP contribution < -0.4 is 5.69 Å². The molecule has 0 unspecified atom stereocenters. The highest BCUT2D eigenvalue weighted by molar-refractivity contribution is 5.77. The fourth-order valence-corrected chi connectivity index (χ4v) is 4.17. The number of aryl methyl sites for hydroxylation is 3. The Morgan fingerprint density at radius 3 is 2.86 bits per heavy atom. The average Bonchev–Trinajstić information content (AvgIpc) is 2.65. The van der Waals surface area contributed by atoms with Gasteiger partial charge in [0.05, 0.1) is 0 Å². The van der Waals surface area contributed by atoms with Crippen LogP contribution in [0.15, 0.2) is 29.1 Å². The number of rotatable bonds is 6. The van der Waals surface area contributed by atoms with Crippen LogP contribution in [0.2, 0.25) is 0 Å². The second-order valence-electron chi connectivity index (χ2n) is 7.68. The van der Waals surface area contributed by atoms with E-state index in [0.29, 0.717) is 18.5 Å². The highest BCUT2D eigenvalue weighted by Gasteiger charge is 2.26. The fraction of sp³-hybridized carbons (Fsp3) is 0.500. The molecule has 3 rings (SSSR count). The molecule has 1 fully saturated rings. The predicted octanol–water partition coefficient (Wildman–Crippen LogP) is 3.04. The molecule has 0 saturated carbocycles. The Morgan fingerprint density at radius 2 is 2.11 bits per heavy atom. The number of hydrogen-bond donors (Lipinski definition) is 2. The third-order valence-corrected chi connectivity index (χ3v) is 5.67. The maximum absolute atomic E-state index is 12.9. The summed E-state index contributed by atoms with van der Waals surface area (Å²) >= 11 is 0. The zero-order valence-corrected chi connectivity index (χ0v) is 16.7. The van der Waals surface area contributed by atoms with Crippen molar-refractivity contribution in [2.75, 3.05) is 6.54 Å². The summed E-state index contributed by atoms with van der Waals surface area (Å²) in [5.41, 5.74) is 3.22. The number of carbonyl (C=O) groups excluding carboxylic acids is 1. The molecule has 2 heterocycles. The van der Waals surface area contributed by atoms with E-state index in [4.69, 9.17) is 0 Å². The molecule has 0 bridgehead atoms. The molecule has 2 N–H and O–H groups in total. The molecular weight excluding hydrogens is 354 g/mol. The van der Waals surface area contributed by atoms with Crippen LogP contribution in [0.4, 0.5) is 0 Å². The van der Waals surface area contributed by atoms with Gasteiger partial charge in [0.25, 0.3) is 0 Å². The number of aromatic amines is 1. The van der Waals surface area contributed by atoms with E-state index in [1.807, 2.05) is 30.9 Å². The second-order valence-corrected chi connectivity index (χ2v) is 7.68. The maximum Gasteiger partial charge on any atom is 0.345 e. The second kappa shape index (κ2) is 9.04. The molecule has 0 aliphatic carbocycles. The number of phenolic OH excluding ortho intramolecular Hbond substituents is 1. The molecule has 1 aliphatic heterocycles. The first kappa shape index (κ1) is 20.1. The number of H-pyrrole nitrogens is 1. The van der Waals surface area contributed by atoms with Gasteiger partial charge in [-0.25, -0.2) is 4.79 Å². The molecule has 1 aliphatic rings. The smallest absolute Gasteiger partial charge is 0.345 e. The van der Waals surface area contributed by atoms with Crippen LogP contribution in [0.3, 0.4) is 0 Å². The number of nitrogens with zero attached hydrogens (tertiary/aromatic N) is 2. The van der Waals surface area contributed by atoms with Gasteiger partial charge in [-0.15, -0.1) is 0 Å². The van der Waals surface area contributed by atoms with E-state index >= 15 is 0 Å². The van der Waals surface area contributed by atoms with Gasteiger partial charge in [0.1, 0.15) is 5.75 Å². The standard InChI is InChI=1S/C22H29N3O3/c1-15-20(16(2)24-22(28)23-15)11-12-21(27)25-13-4-3-7-18(25)10-9-17-6-5-8-19(26)14-17/h5-6,8,14,18,26H,3-4,7,9-13H2,1-2H3,(H,23,24,28)/t18-/m1/s1. The van der Waals surface area contributed by atoms with Gasteiger partial charge in [0.15, 0.2) is 0 Å². The van der Waals surface area contributed by atoms with Crippen molar-refractivity contribution in [1.82, 2.24) is 14.9 Å². The minimum absolute atomic E-state index is 0.172. The summed E-state index contributed by atoms with van der Waals surface area (Å²) in [6.45, 7) is 4.49. The van der Waals surface area contributed by atoms with Crippen LogP contribution >= 0.6 is 0 Å². The monoisotopic (exact) mass is 383 g/mol. The first-order valence-electron chi connectivity index (χ1n) is 10.1. The quantitative estimate of drug-likeness (QED) is 0.803. The first-order chi connectivity index (χ1) is 13.4. The molecule has 0 radical (unpaired) electrons. The van der Waals surface area contributed by atoms with Gasteiger partial charge in [-0.05, 0) is 75.6 Å². The number of piperidine rings is 1. The lowest BCUT2D eigenvalue weighted by Gasteiger charge is -2.36. The van der Waals surface area contributed by atoms with Gasteiger partial charge in [-0.1, -0.05) is 12.1 Å². The number of nitrogens with one attached hydrogen (secondary N) is 1. The van der Waals surface area contributed by atoms with E-state index in [-0.39, 0.29) is 23.4 Å². The van der Waals surface area contributed by atoms with Crippen molar-refractivity contribution >= 4 is 5.91 Å². The van der Waals surface area contributed by atoms with Crippen LogP contribution in [0.25, 0.3) is 0 Å². The van der Waals surface area contributed by atoms with Gasteiger partial charge < -0.3 is 15.0 Å². The summed E-state index contributed by atoms with van der Waals surface area (Å²) in [5, 5.41) is 9.64. The van der Waals surface area contributed by atoms with Crippen molar-refractivity contribution in [3.05, 3.63) is 57.3 Å². The van der Waals surface area contributed by atoms with Gasteiger partial charge in [-0.3, -0.25) is 4.79 Å². The molecule has 1 saturated heterocycles. The van der Waals surface area contributed by atoms with Gasteiger partial charge in [0.2, 0.25) is 5.91 Å². The number of amides is 1. The molecule has 1 atom stereocenters. The Morgan fingerprint density at radius 1 is 1.29 bits per heavy atom. The highest BCUT2D eigenvalue weighted by atomic mass is 16.3. The molecule has 1 amide bonds.